The van der Waals surface area contributed by atoms with Crippen molar-refractivity contribution in [2.75, 3.05) is 13.3 Å². The number of amides is 1. The second kappa shape index (κ2) is 6.33. The summed E-state index contributed by atoms with van der Waals surface area (Å²) in [7, 11) is 3.62. The van der Waals surface area contributed by atoms with Crippen molar-refractivity contribution < 1.29 is 4.79 Å². The average Bonchev–Trinajstić information content (AvgIpc) is 2.84. The largest absolute Gasteiger partial charge is 0.336 e. The third kappa shape index (κ3) is 3.16. The molecule has 1 aromatic heterocycles. The van der Waals surface area contributed by atoms with Crippen LogP contribution in [-0.4, -0.2) is 33.9 Å². The van der Waals surface area contributed by atoms with E-state index in [0.717, 1.165) is 10.6 Å². The lowest BCUT2D eigenvalue weighted by Gasteiger charge is -2.18. The van der Waals surface area contributed by atoms with E-state index in [1.807, 2.05) is 31.5 Å². The molecule has 0 atom stereocenters. The second-order valence-corrected chi connectivity index (χ2v) is 5.74. The molecular weight excluding hydrogens is 294 g/mol. The van der Waals surface area contributed by atoms with Crippen LogP contribution in [0.4, 0.5) is 0 Å². The summed E-state index contributed by atoms with van der Waals surface area (Å²) in [6.07, 6.45) is 3.69. The zero-order valence-corrected chi connectivity index (χ0v) is 13.2. The van der Waals surface area contributed by atoms with Crippen LogP contribution in [0.5, 0.6) is 0 Å². The van der Waals surface area contributed by atoms with Crippen molar-refractivity contribution in [3.8, 4) is 0 Å². The molecule has 4 nitrogen and oxygen atoms in total. The molecular formula is C14H16ClN3OS. The number of aryl methyl sites for hydroxylation is 1. The molecule has 106 valence electrons. The molecule has 0 bridgehead atoms. The molecule has 0 saturated carbocycles. The van der Waals surface area contributed by atoms with Gasteiger partial charge in [-0.3, -0.25) is 9.48 Å². The fourth-order valence-corrected chi connectivity index (χ4v) is 2.51. The number of halogens is 1. The molecule has 0 aliphatic rings. The molecule has 0 unspecified atom stereocenters. The van der Waals surface area contributed by atoms with E-state index in [1.165, 1.54) is 0 Å². The summed E-state index contributed by atoms with van der Waals surface area (Å²) in [5.74, 6) is -0.0906. The predicted octanol–water partition coefficient (Wildman–Crippen LogP) is 3.07. The number of benzene rings is 1. The van der Waals surface area contributed by atoms with Crippen LogP contribution >= 0.6 is 23.4 Å². The number of rotatable bonds is 4. The Hall–Kier alpha value is -1.46. The van der Waals surface area contributed by atoms with Crippen LogP contribution in [-0.2, 0) is 13.6 Å². The van der Waals surface area contributed by atoms with Crippen molar-refractivity contribution >= 4 is 29.3 Å². The number of hydrogen-bond donors (Lipinski definition) is 0. The van der Waals surface area contributed by atoms with E-state index in [-0.39, 0.29) is 5.91 Å². The lowest BCUT2D eigenvalue weighted by atomic mass is 10.2. The predicted molar refractivity (Wildman–Crippen MR) is 82.2 cm³/mol. The van der Waals surface area contributed by atoms with E-state index in [0.29, 0.717) is 17.1 Å². The quantitative estimate of drug-likeness (QED) is 0.815. The van der Waals surface area contributed by atoms with Gasteiger partial charge in [0.2, 0.25) is 0 Å². The fraction of sp³-hybridized carbons (Fsp3) is 0.286. The highest BCUT2D eigenvalue weighted by molar-refractivity contribution is 7.98. The molecule has 0 fully saturated rings. The van der Waals surface area contributed by atoms with Gasteiger partial charge >= 0.3 is 0 Å². The zero-order valence-electron chi connectivity index (χ0n) is 11.6. The van der Waals surface area contributed by atoms with E-state index in [4.69, 9.17) is 11.6 Å². The van der Waals surface area contributed by atoms with Gasteiger partial charge in [0.1, 0.15) is 0 Å². The third-order valence-electron chi connectivity index (χ3n) is 3.07. The number of carbonyl (C=O) groups excluding carboxylic acids is 1. The number of nitrogens with zero attached hydrogens (tertiary/aromatic N) is 3. The number of thioether (sulfide) groups is 1. The Morgan fingerprint density at radius 2 is 2.20 bits per heavy atom. The van der Waals surface area contributed by atoms with Crippen LogP contribution in [0.15, 0.2) is 35.4 Å². The first-order chi connectivity index (χ1) is 9.52. The maximum atomic E-state index is 12.5. The van der Waals surface area contributed by atoms with Crippen molar-refractivity contribution in [1.82, 2.24) is 14.7 Å². The van der Waals surface area contributed by atoms with Crippen molar-refractivity contribution in [2.45, 2.75) is 11.4 Å². The standard InChI is InChI=1S/C14H16ClN3OS/c1-17(9-10-6-7-16-18(10)2)14(19)12-8-11(20-3)4-5-13(12)15/h4-8H,9H2,1-3H3. The van der Waals surface area contributed by atoms with Gasteiger partial charge in [-0.2, -0.15) is 5.10 Å². The minimum atomic E-state index is -0.0906. The van der Waals surface area contributed by atoms with E-state index < -0.39 is 0 Å². The first-order valence-electron chi connectivity index (χ1n) is 6.09. The summed E-state index contributed by atoms with van der Waals surface area (Å²) < 4.78 is 1.75. The number of carbonyl (C=O) groups is 1. The van der Waals surface area contributed by atoms with Crippen LogP contribution < -0.4 is 0 Å². The molecule has 1 aromatic carbocycles. The number of aromatic nitrogens is 2. The maximum absolute atomic E-state index is 12.5. The molecule has 1 heterocycles. The SMILES string of the molecule is CSc1ccc(Cl)c(C(=O)N(C)Cc2ccnn2C)c1. The summed E-state index contributed by atoms with van der Waals surface area (Å²) in [6, 6.07) is 7.39. The lowest BCUT2D eigenvalue weighted by molar-refractivity contribution is 0.0782. The Kier molecular flexibility index (Phi) is 4.73. The lowest BCUT2D eigenvalue weighted by Crippen LogP contribution is -2.27. The summed E-state index contributed by atoms with van der Waals surface area (Å²) in [6.45, 7) is 0.495. The summed E-state index contributed by atoms with van der Waals surface area (Å²) in [5.41, 5.74) is 1.50. The van der Waals surface area contributed by atoms with Gasteiger partial charge in [0.05, 0.1) is 22.8 Å². The van der Waals surface area contributed by atoms with Crippen molar-refractivity contribution in [3.63, 3.8) is 0 Å². The average molecular weight is 310 g/mol. The number of hydrogen-bond acceptors (Lipinski definition) is 3. The van der Waals surface area contributed by atoms with Crippen LogP contribution in [0.1, 0.15) is 16.1 Å². The van der Waals surface area contributed by atoms with Gasteiger partial charge < -0.3 is 4.90 Å². The molecule has 2 aromatic rings. The molecule has 0 radical (unpaired) electrons. The highest BCUT2D eigenvalue weighted by Gasteiger charge is 2.17. The molecule has 1 amide bonds. The zero-order chi connectivity index (χ0) is 14.7. The highest BCUT2D eigenvalue weighted by Crippen LogP contribution is 2.24. The fourth-order valence-electron chi connectivity index (χ4n) is 1.87. The van der Waals surface area contributed by atoms with Crippen LogP contribution in [0, 0.1) is 0 Å². The van der Waals surface area contributed by atoms with Crippen LogP contribution in [0.3, 0.4) is 0 Å². The summed E-state index contributed by atoms with van der Waals surface area (Å²) in [5, 5.41) is 4.57. The van der Waals surface area contributed by atoms with Gasteiger partial charge in [0, 0.05) is 25.2 Å². The van der Waals surface area contributed by atoms with Crippen molar-refractivity contribution in [3.05, 3.63) is 46.7 Å². The van der Waals surface area contributed by atoms with Gasteiger partial charge in [0.25, 0.3) is 5.91 Å². The maximum Gasteiger partial charge on any atom is 0.255 e. The molecule has 2 rings (SSSR count). The minimum absolute atomic E-state index is 0.0906. The topological polar surface area (TPSA) is 38.1 Å². The van der Waals surface area contributed by atoms with Gasteiger partial charge in [-0.25, -0.2) is 0 Å². The van der Waals surface area contributed by atoms with Gasteiger partial charge in [0.15, 0.2) is 0 Å². The molecule has 0 spiro atoms. The van der Waals surface area contributed by atoms with Gasteiger partial charge in [-0.1, -0.05) is 11.6 Å². The van der Waals surface area contributed by atoms with Gasteiger partial charge in [-0.05, 0) is 30.5 Å². The van der Waals surface area contributed by atoms with Crippen molar-refractivity contribution in [1.29, 1.82) is 0 Å². The first-order valence-corrected chi connectivity index (χ1v) is 7.69. The smallest absolute Gasteiger partial charge is 0.255 e. The Bertz CT molecular complexity index is 627. The minimum Gasteiger partial charge on any atom is -0.336 e. The van der Waals surface area contributed by atoms with Gasteiger partial charge in [-0.15, -0.1) is 11.8 Å². The second-order valence-electron chi connectivity index (χ2n) is 4.45. The normalized spacial score (nSPS) is 10.6. The van der Waals surface area contributed by atoms with E-state index in [9.17, 15) is 4.79 Å². The molecule has 0 aliphatic heterocycles. The van der Waals surface area contributed by atoms with E-state index >= 15 is 0 Å². The molecule has 0 aliphatic carbocycles. The van der Waals surface area contributed by atoms with Crippen molar-refractivity contribution in [2.24, 2.45) is 7.05 Å². The van der Waals surface area contributed by atoms with E-state index in [1.54, 1.807) is 40.7 Å². The van der Waals surface area contributed by atoms with Crippen LogP contribution in [0.25, 0.3) is 0 Å². The Morgan fingerprint density at radius 1 is 1.45 bits per heavy atom. The molecule has 0 saturated heterocycles. The monoisotopic (exact) mass is 309 g/mol. The molecule has 20 heavy (non-hydrogen) atoms. The van der Waals surface area contributed by atoms with Crippen LogP contribution in [0.2, 0.25) is 5.02 Å². The summed E-state index contributed by atoms with van der Waals surface area (Å²) in [4.78, 5) is 15.1. The Morgan fingerprint density at radius 3 is 2.80 bits per heavy atom. The highest BCUT2D eigenvalue weighted by atomic mass is 35.5. The third-order valence-corrected chi connectivity index (χ3v) is 4.13. The summed E-state index contributed by atoms with van der Waals surface area (Å²) >= 11 is 7.72. The molecule has 6 heteroatoms. The Balaban J connectivity index is 2.20. The first kappa shape index (κ1) is 14.9. The van der Waals surface area contributed by atoms with E-state index in [2.05, 4.69) is 5.10 Å². The Labute approximate surface area is 127 Å². The molecule has 0 N–H and O–H groups in total.